The Balaban J connectivity index is 2.04. The van der Waals surface area contributed by atoms with E-state index in [2.05, 4.69) is 52.8 Å². The van der Waals surface area contributed by atoms with E-state index in [1.54, 1.807) is 11.6 Å². The molecule has 2 heterocycles. The zero-order valence-electron chi connectivity index (χ0n) is 20.9. The first-order chi connectivity index (χ1) is 14.7. The molecule has 0 bridgehead atoms. The number of fused-ring (bicyclic) bond motifs is 1. The molecule has 0 N–H and O–H groups in total. The lowest BCUT2D eigenvalue weighted by Crippen LogP contribution is -2.27. The maximum Gasteiger partial charge on any atom is 0.330 e. The van der Waals surface area contributed by atoms with Gasteiger partial charge < -0.3 is 0 Å². The number of hydrogen-bond acceptors (Lipinski definition) is 3. The molecular weight excluding hydrogens is 418 g/mol. The number of aryl methyl sites for hydroxylation is 2. The van der Waals surface area contributed by atoms with Crippen LogP contribution in [0.2, 0.25) is 0 Å². The van der Waals surface area contributed by atoms with Gasteiger partial charge in [-0.15, -0.1) is 0 Å². The summed E-state index contributed by atoms with van der Waals surface area (Å²) in [4.78, 5) is 17.8. The first kappa shape index (κ1) is 24.4. The molecule has 174 valence electrons. The zero-order chi connectivity index (χ0) is 24.0. The van der Waals surface area contributed by atoms with Crippen molar-refractivity contribution in [3.8, 4) is 11.3 Å². The molecule has 2 atom stereocenters. The van der Waals surface area contributed by atoms with E-state index in [1.807, 2.05) is 37.5 Å². The molecule has 1 aromatic carbocycles. The summed E-state index contributed by atoms with van der Waals surface area (Å²) >= 11 is 0. The van der Waals surface area contributed by atoms with Crippen molar-refractivity contribution in [2.24, 2.45) is 12.5 Å². The van der Waals surface area contributed by atoms with E-state index in [0.717, 1.165) is 27.9 Å². The average Bonchev–Trinajstić information content (AvgIpc) is 2.90. The highest BCUT2D eigenvalue weighted by Gasteiger charge is 2.23. The Kier molecular flexibility index (Phi) is 6.58. The number of nitrogens with zero attached hydrogens (tertiary/aromatic N) is 3. The van der Waals surface area contributed by atoms with Gasteiger partial charge in [-0.1, -0.05) is 39.8 Å². The fraction of sp³-hybridized carbons (Fsp3) is 0.538. The van der Waals surface area contributed by atoms with Crippen LogP contribution in [-0.4, -0.2) is 28.8 Å². The molecule has 5 nitrogen and oxygen atoms in total. The van der Waals surface area contributed by atoms with Crippen LogP contribution in [-0.2, 0) is 24.4 Å². The Labute approximate surface area is 194 Å². The second-order valence-corrected chi connectivity index (χ2v) is 13.4. The number of imidazole rings is 1. The van der Waals surface area contributed by atoms with Gasteiger partial charge in [0.25, 0.3) is 0 Å². The second-order valence-electron chi connectivity index (χ2n) is 11.1. The van der Waals surface area contributed by atoms with E-state index < -0.39 is 10.8 Å². The number of hydrogen-bond donors (Lipinski definition) is 0. The number of pyridine rings is 1. The van der Waals surface area contributed by atoms with E-state index in [-0.39, 0.29) is 21.8 Å². The van der Waals surface area contributed by atoms with Crippen LogP contribution in [0.1, 0.15) is 65.5 Å². The van der Waals surface area contributed by atoms with Crippen LogP contribution in [0.5, 0.6) is 0 Å². The third-order valence-corrected chi connectivity index (χ3v) is 7.97. The fourth-order valence-electron chi connectivity index (χ4n) is 3.85. The van der Waals surface area contributed by atoms with Gasteiger partial charge in [-0.3, -0.25) is 13.3 Å². The quantitative estimate of drug-likeness (QED) is 0.517. The van der Waals surface area contributed by atoms with Crippen LogP contribution in [0.4, 0.5) is 0 Å². The van der Waals surface area contributed by atoms with Gasteiger partial charge in [0.05, 0.1) is 11.2 Å². The average molecular weight is 456 g/mol. The van der Waals surface area contributed by atoms with Crippen molar-refractivity contribution < 1.29 is 4.21 Å². The summed E-state index contributed by atoms with van der Waals surface area (Å²) in [6, 6.07) is 10.4. The molecule has 6 heteroatoms. The Hall–Kier alpha value is -2.21. The van der Waals surface area contributed by atoms with Crippen molar-refractivity contribution in [2.75, 3.05) is 5.75 Å². The molecule has 3 aromatic rings. The number of aromatic nitrogens is 3. The molecule has 0 saturated heterocycles. The molecule has 0 aliphatic heterocycles. The molecule has 2 aromatic heterocycles. The van der Waals surface area contributed by atoms with Crippen LogP contribution in [0, 0.1) is 12.3 Å². The van der Waals surface area contributed by atoms with E-state index in [4.69, 9.17) is 4.98 Å². The van der Waals surface area contributed by atoms with Gasteiger partial charge in [0.15, 0.2) is 5.65 Å². The molecule has 0 amide bonds. The van der Waals surface area contributed by atoms with Crippen molar-refractivity contribution in [1.29, 1.82) is 0 Å². The summed E-state index contributed by atoms with van der Waals surface area (Å²) < 4.78 is 15.9. The maximum absolute atomic E-state index is 12.9. The number of benzene rings is 1. The smallest absolute Gasteiger partial charge is 0.290 e. The van der Waals surface area contributed by atoms with Gasteiger partial charge in [0.2, 0.25) is 0 Å². The molecule has 0 unspecified atom stereocenters. The van der Waals surface area contributed by atoms with Crippen LogP contribution >= 0.6 is 0 Å². The molecule has 3 rings (SSSR count). The molecular formula is C26H37N3O2S. The highest BCUT2D eigenvalue weighted by atomic mass is 32.2. The van der Waals surface area contributed by atoms with Gasteiger partial charge in [-0.2, -0.15) is 0 Å². The number of rotatable bonds is 5. The van der Waals surface area contributed by atoms with Crippen LogP contribution in [0.15, 0.2) is 35.1 Å². The van der Waals surface area contributed by atoms with Gasteiger partial charge in [-0.05, 0) is 68.4 Å². The highest BCUT2D eigenvalue weighted by Crippen LogP contribution is 2.29. The lowest BCUT2D eigenvalue weighted by molar-refractivity contribution is 0.342. The standard InChI is InChI=1S/C26H37N3O2S/c1-17-10-11-19(18(2)15-32(31)26(6,7)8)14-20(17)21-12-13-22-23(27-21)28(9)24(30)29(22)16-25(3,4)5/h10-14,18H,15-16H2,1-9H3/t18-,32+/m1/s1. The van der Waals surface area contributed by atoms with Gasteiger partial charge in [0, 0.05) is 40.5 Å². The second kappa shape index (κ2) is 8.62. The summed E-state index contributed by atoms with van der Waals surface area (Å²) in [6.45, 7) is 17.3. The summed E-state index contributed by atoms with van der Waals surface area (Å²) in [5, 5.41) is 0. The summed E-state index contributed by atoms with van der Waals surface area (Å²) in [5.41, 5.74) is 5.70. The lowest BCUT2D eigenvalue weighted by Gasteiger charge is -2.21. The molecule has 0 aliphatic carbocycles. The molecule has 32 heavy (non-hydrogen) atoms. The van der Waals surface area contributed by atoms with Crippen molar-refractivity contribution in [3.63, 3.8) is 0 Å². The van der Waals surface area contributed by atoms with E-state index in [1.165, 1.54) is 0 Å². The Morgan fingerprint density at radius 1 is 1.06 bits per heavy atom. The predicted molar refractivity (Wildman–Crippen MR) is 136 cm³/mol. The minimum atomic E-state index is -0.911. The largest absolute Gasteiger partial charge is 0.330 e. The molecule has 0 saturated carbocycles. The fourth-order valence-corrected chi connectivity index (χ4v) is 4.99. The highest BCUT2D eigenvalue weighted by molar-refractivity contribution is 7.86. The maximum atomic E-state index is 12.9. The van der Waals surface area contributed by atoms with Gasteiger partial charge >= 0.3 is 5.69 Å². The Bertz CT molecular complexity index is 1220. The monoisotopic (exact) mass is 455 g/mol. The normalized spacial score (nSPS) is 14.7. The Morgan fingerprint density at radius 2 is 1.72 bits per heavy atom. The summed E-state index contributed by atoms with van der Waals surface area (Å²) in [7, 11) is 0.875. The molecule has 0 fully saturated rings. The summed E-state index contributed by atoms with van der Waals surface area (Å²) in [5.74, 6) is 0.804. The molecule has 0 radical (unpaired) electrons. The predicted octanol–water partition coefficient (Wildman–Crippen LogP) is 5.41. The first-order valence-corrected chi connectivity index (χ1v) is 12.6. The van der Waals surface area contributed by atoms with Crippen molar-refractivity contribution in [3.05, 3.63) is 51.9 Å². The first-order valence-electron chi connectivity index (χ1n) is 11.2. The third kappa shape index (κ3) is 5.06. The topological polar surface area (TPSA) is 56.9 Å². The van der Waals surface area contributed by atoms with Crippen LogP contribution in [0.3, 0.4) is 0 Å². The van der Waals surface area contributed by atoms with Gasteiger partial charge in [0.1, 0.15) is 0 Å². The summed E-state index contributed by atoms with van der Waals surface area (Å²) in [6.07, 6.45) is 0. The van der Waals surface area contributed by atoms with E-state index in [9.17, 15) is 9.00 Å². The van der Waals surface area contributed by atoms with Gasteiger partial charge in [-0.25, -0.2) is 9.78 Å². The SMILES string of the molecule is Cc1ccc([C@H](C)C[S@](=O)C(C)(C)C)cc1-c1ccc2c(n1)n(C)c(=O)n2CC(C)(C)C. The van der Waals surface area contributed by atoms with E-state index in [0.29, 0.717) is 17.9 Å². The van der Waals surface area contributed by atoms with Crippen molar-refractivity contribution in [1.82, 2.24) is 14.1 Å². The van der Waals surface area contributed by atoms with Crippen LogP contribution in [0.25, 0.3) is 22.4 Å². The molecule has 0 spiro atoms. The van der Waals surface area contributed by atoms with Crippen molar-refractivity contribution >= 4 is 22.0 Å². The van der Waals surface area contributed by atoms with Crippen molar-refractivity contribution in [2.45, 2.75) is 72.6 Å². The lowest BCUT2D eigenvalue weighted by atomic mass is 9.96. The minimum Gasteiger partial charge on any atom is -0.290 e. The Morgan fingerprint density at radius 3 is 2.31 bits per heavy atom. The third-order valence-electron chi connectivity index (χ3n) is 5.80. The zero-order valence-corrected chi connectivity index (χ0v) is 21.8. The molecule has 0 aliphatic rings. The minimum absolute atomic E-state index is 0.00895. The van der Waals surface area contributed by atoms with E-state index >= 15 is 0 Å². The van der Waals surface area contributed by atoms with Crippen LogP contribution < -0.4 is 5.69 Å².